The van der Waals surface area contributed by atoms with Crippen LogP contribution in [0.4, 0.5) is 13.2 Å². The quantitative estimate of drug-likeness (QED) is 0.742. The Kier molecular flexibility index (Phi) is 7.10. The fourth-order valence-corrected chi connectivity index (χ4v) is 1.72. The smallest absolute Gasteiger partial charge is 0.136 e. The zero-order valence-electron chi connectivity index (χ0n) is 9.67. The predicted molar refractivity (Wildman–Crippen MR) is 60.6 cm³/mol. The van der Waals surface area contributed by atoms with Gasteiger partial charge in [0.15, 0.2) is 0 Å². The lowest BCUT2D eigenvalue weighted by molar-refractivity contribution is 0.253. The van der Waals surface area contributed by atoms with E-state index in [0.29, 0.717) is 0 Å². The van der Waals surface area contributed by atoms with Crippen LogP contribution in [0.2, 0.25) is 0 Å². The van der Waals surface area contributed by atoms with Crippen LogP contribution >= 0.6 is 0 Å². The maximum atomic E-state index is 13.3. The molecule has 0 aliphatic rings. The third-order valence-electron chi connectivity index (χ3n) is 1.85. The van der Waals surface area contributed by atoms with E-state index in [4.69, 9.17) is 0 Å². The van der Waals surface area contributed by atoms with Gasteiger partial charge in [-0.15, -0.1) is 4.72 Å². The SMILES string of the molecule is CC(C)(C)[S+]([O-])NC(C=CF)C(F)CCF. The average Bonchev–Trinajstić information content (AvgIpc) is 2.15. The average molecular weight is 257 g/mol. The van der Waals surface area contributed by atoms with Crippen molar-refractivity contribution < 1.29 is 17.7 Å². The lowest BCUT2D eigenvalue weighted by Crippen LogP contribution is -2.47. The maximum Gasteiger partial charge on any atom is 0.136 e. The topological polar surface area (TPSA) is 35.1 Å². The summed E-state index contributed by atoms with van der Waals surface area (Å²) < 4.78 is 50.8. The summed E-state index contributed by atoms with van der Waals surface area (Å²) in [7, 11) is 0. The van der Waals surface area contributed by atoms with Crippen molar-refractivity contribution in [2.45, 2.75) is 44.2 Å². The number of hydrogen-bond acceptors (Lipinski definition) is 2. The van der Waals surface area contributed by atoms with Crippen LogP contribution in [0.15, 0.2) is 12.4 Å². The van der Waals surface area contributed by atoms with E-state index < -0.39 is 35.0 Å². The van der Waals surface area contributed by atoms with E-state index in [1.54, 1.807) is 20.8 Å². The van der Waals surface area contributed by atoms with E-state index in [9.17, 15) is 17.7 Å². The third-order valence-corrected chi connectivity index (χ3v) is 3.45. The molecular weight excluding hydrogens is 239 g/mol. The first-order chi connectivity index (χ1) is 7.32. The number of nitrogens with one attached hydrogen (secondary N) is 1. The van der Waals surface area contributed by atoms with Gasteiger partial charge in [0.2, 0.25) is 0 Å². The van der Waals surface area contributed by atoms with Gasteiger partial charge in [-0.25, -0.2) is 8.78 Å². The van der Waals surface area contributed by atoms with E-state index >= 15 is 0 Å². The molecule has 3 atom stereocenters. The van der Waals surface area contributed by atoms with Gasteiger partial charge in [0.1, 0.15) is 17.0 Å². The predicted octanol–water partition coefficient (Wildman–Crippen LogP) is 2.59. The Morgan fingerprint density at radius 3 is 2.38 bits per heavy atom. The van der Waals surface area contributed by atoms with E-state index in [2.05, 4.69) is 4.72 Å². The van der Waals surface area contributed by atoms with Gasteiger partial charge in [0, 0.05) is 17.8 Å². The summed E-state index contributed by atoms with van der Waals surface area (Å²) in [5, 5.41) is 0. The molecule has 6 heteroatoms. The number of halogens is 3. The van der Waals surface area contributed by atoms with Crippen LogP contribution in [0.5, 0.6) is 0 Å². The van der Waals surface area contributed by atoms with E-state index in [1.807, 2.05) is 0 Å². The second-order valence-electron chi connectivity index (χ2n) is 4.34. The summed E-state index contributed by atoms with van der Waals surface area (Å²) in [4.78, 5) is 0. The standard InChI is InChI=1S/C10H18F3NOS/c1-10(2,3)16(15)14-9(5-7-12)8(13)4-6-11/h5,7-9,14H,4,6H2,1-3H3. The van der Waals surface area contributed by atoms with Gasteiger partial charge in [-0.3, -0.25) is 4.39 Å². The number of hydrogen-bond donors (Lipinski definition) is 1. The molecule has 0 rings (SSSR count). The molecule has 0 aliphatic heterocycles. The van der Waals surface area contributed by atoms with Crippen molar-refractivity contribution in [2.24, 2.45) is 0 Å². The Balaban J connectivity index is 4.44. The molecule has 16 heavy (non-hydrogen) atoms. The van der Waals surface area contributed by atoms with Crippen molar-refractivity contribution >= 4 is 11.4 Å². The lowest BCUT2D eigenvalue weighted by Gasteiger charge is -2.27. The largest absolute Gasteiger partial charge is 0.598 e. The van der Waals surface area contributed by atoms with Crippen molar-refractivity contribution in [2.75, 3.05) is 6.67 Å². The highest BCUT2D eigenvalue weighted by atomic mass is 32.2. The summed E-state index contributed by atoms with van der Waals surface area (Å²) in [6.07, 6.45) is -0.862. The first-order valence-electron chi connectivity index (χ1n) is 4.98. The van der Waals surface area contributed by atoms with Crippen LogP contribution in [0.1, 0.15) is 27.2 Å². The first-order valence-corrected chi connectivity index (χ1v) is 6.13. The van der Waals surface area contributed by atoms with Gasteiger partial charge in [-0.05, 0) is 26.8 Å². The minimum absolute atomic E-state index is 0.169. The van der Waals surface area contributed by atoms with Crippen LogP contribution in [0.3, 0.4) is 0 Å². The monoisotopic (exact) mass is 257 g/mol. The van der Waals surface area contributed by atoms with Crippen LogP contribution in [-0.4, -0.2) is 28.2 Å². The second kappa shape index (κ2) is 7.19. The van der Waals surface area contributed by atoms with Crippen molar-refractivity contribution in [3.63, 3.8) is 0 Å². The zero-order chi connectivity index (χ0) is 12.8. The van der Waals surface area contributed by atoms with Crippen molar-refractivity contribution in [1.82, 2.24) is 4.72 Å². The fourth-order valence-electron chi connectivity index (χ4n) is 0.896. The van der Waals surface area contributed by atoms with Gasteiger partial charge >= 0.3 is 0 Å². The molecular formula is C10H18F3NOS. The molecule has 3 unspecified atom stereocenters. The van der Waals surface area contributed by atoms with Gasteiger partial charge in [-0.2, -0.15) is 0 Å². The van der Waals surface area contributed by atoms with Crippen molar-refractivity contribution in [3.8, 4) is 0 Å². The minimum atomic E-state index is -1.59. The second-order valence-corrected chi connectivity index (χ2v) is 6.33. The molecule has 0 bridgehead atoms. The summed E-state index contributed by atoms with van der Waals surface area (Å²) >= 11 is -1.52. The normalized spacial score (nSPS) is 18.7. The van der Waals surface area contributed by atoms with Crippen LogP contribution < -0.4 is 4.72 Å². The first kappa shape index (κ1) is 15.8. The molecule has 0 saturated carbocycles. The van der Waals surface area contributed by atoms with Crippen molar-refractivity contribution in [1.29, 1.82) is 0 Å². The molecule has 2 nitrogen and oxygen atoms in total. The number of rotatable bonds is 6. The Morgan fingerprint density at radius 1 is 1.44 bits per heavy atom. The zero-order valence-corrected chi connectivity index (χ0v) is 10.5. The number of alkyl halides is 2. The summed E-state index contributed by atoms with van der Waals surface area (Å²) in [5.74, 6) is 0. The highest BCUT2D eigenvalue weighted by Crippen LogP contribution is 2.16. The van der Waals surface area contributed by atoms with Gasteiger partial charge in [0.25, 0.3) is 0 Å². The molecule has 0 saturated heterocycles. The van der Waals surface area contributed by atoms with E-state index in [1.165, 1.54) is 0 Å². The van der Waals surface area contributed by atoms with E-state index in [-0.39, 0.29) is 12.8 Å². The summed E-state index contributed by atoms with van der Waals surface area (Å²) in [6.45, 7) is 4.28. The summed E-state index contributed by atoms with van der Waals surface area (Å²) in [6, 6.07) is -1.07. The van der Waals surface area contributed by atoms with Crippen molar-refractivity contribution in [3.05, 3.63) is 12.4 Å². The summed E-state index contributed by atoms with van der Waals surface area (Å²) in [5.41, 5.74) is 0. The Hall–Kier alpha value is -0.200. The van der Waals surface area contributed by atoms with Crippen LogP contribution in [-0.2, 0) is 11.4 Å². The highest BCUT2D eigenvalue weighted by Gasteiger charge is 2.31. The molecule has 96 valence electrons. The molecule has 0 heterocycles. The molecule has 0 aliphatic carbocycles. The van der Waals surface area contributed by atoms with Gasteiger partial charge < -0.3 is 4.55 Å². The third kappa shape index (κ3) is 5.77. The fraction of sp³-hybridized carbons (Fsp3) is 0.800. The van der Waals surface area contributed by atoms with Crippen LogP contribution in [0, 0.1) is 0 Å². The van der Waals surface area contributed by atoms with Gasteiger partial charge in [0.05, 0.1) is 13.0 Å². The molecule has 0 aromatic heterocycles. The lowest BCUT2D eigenvalue weighted by atomic mass is 10.1. The molecule has 0 aromatic carbocycles. The molecule has 0 radical (unpaired) electrons. The molecule has 0 aromatic rings. The van der Waals surface area contributed by atoms with E-state index in [0.717, 1.165) is 6.08 Å². The van der Waals surface area contributed by atoms with Crippen LogP contribution in [0.25, 0.3) is 0 Å². The molecule has 1 N–H and O–H groups in total. The molecule has 0 spiro atoms. The molecule has 0 fully saturated rings. The van der Waals surface area contributed by atoms with Gasteiger partial charge in [-0.1, -0.05) is 0 Å². The Labute approximate surface area is 97.6 Å². The Bertz CT molecular complexity index is 221. The minimum Gasteiger partial charge on any atom is -0.598 e. The Morgan fingerprint density at radius 2 is 2.00 bits per heavy atom. The highest BCUT2D eigenvalue weighted by molar-refractivity contribution is 7.90. The maximum absolute atomic E-state index is 13.3. The molecule has 0 amide bonds.